The lowest BCUT2D eigenvalue weighted by molar-refractivity contribution is -0.155. The SMILES string of the molecule is CCCOc1cccc(CC(=O)N(C)C(C)(C)C(=O)O)c1. The van der Waals surface area contributed by atoms with E-state index in [9.17, 15) is 9.59 Å². The topological polar surface area (TPSA) is 66.8 Å². The van der Waals surface area contributed by atoms with E-state index in [1.165, 1.54) is 25.8 Å². The molecule has 1 aromatic rings. The van der Waals surface area contributed by atoms with Crippen molar-refractivity contribution in [3.8, 4) is 5.75 Å². The maximum atomic E-state index is 12.2. The number of aliphatic carboxylic acids is 1. The number of nitrogens with zero attached hydrogens (tertiary/aromatic N) is 1. The van der Waals surface area contributed by atoms with Crippen molar-refractivity contribution in [1.29, 1.82) is 0 Å². The number of likely N-dealkylation sites (N-methyl/N-ethyl adjacent to an activating group) is 1. The highest BCUT2D eigenvalue weighted by atomic mass is 16.5. The van der Waals surface area contributed by atoms with E-state index in [1.54, 1.807) is 0 Å². The summed E-state index contributed by atoms with van der Waals surface area (Å²) in [5, 5.41) is 9.15. The number of rotatable bonds is 7. The van der Waals surface area contributed by atoms with Gasteiger partial charge in [0.05, 0.1) is 13.0 Å². The minimum Gasteiger partial charge on any atom is -0.494 e. The Balaban J connectivity index is 2.77. The second kappa shape index (κ2) is 7.11. The molecule has 21 heavy (non-hydrogen) atoms. The van der Waals surface area contributed by atoms with Gasteiger partial charge in [0.2, 0.25) is 5.91 Å². The highest BCUT2D eigenvalue weighted by Crippen LogP contribution is 2.17. The van der Waals surface area contributed by atoms with Gasteiger partial charge in [0.25, 0.3) is 0 Å². The number of benzene rings is 1. The molecule has 0 fully saturated rings. The summed E-state index contributed by atoms with van der Waals surface area (Å²) >= 11 is 0. The van der Waals surface area contributed by atoms with Gasteiger partial charge >= 0.3 is 5.97 Å². The maximum Gasteiger partial charge on any atom is 0.329 e. The summed E-state index contributed by atoms with van der Waals surface area (Å²) in [4.78, 5) is 24.6. The molecule has 0 unspecified atom stereocenters. The summed E-state index contributed by atoms with van der Waals surface area (Å²) < 4.78 is 5.52. The van der Waals surface area contributed by atoms with E-state index in [-0.39, 0.29) is 12.3 Å². The van der Waals surface area contributed by atoms with Crippen molar-refractivity contribution >= 4 is 11.9 Å². The third kappa shape index (κ3) is 4.48. The lowest BCUT2D eigenvalue weighted by Crippen LogP contribution is -2.51. The lowest BCUT2D eigenvalue weighted by atomic mass is 10.0. The van der Waals surface area contributed by atoms with Crippen LogP contribution in [0.1, 0.15) is 32.8 Å². The van der Waals surface area contributed by atoms with Crippen LogP contribution in [0.3, 0.4) is 0 Å². The van der Waals surface area contributed by atoms with Gasteiger partial charge in [-0.2, -0.15) is 0 Å². The minimum atomic E-state index is -1.23. The highest BCUT2D eigenvalue weighted by Gasteiger charge is 2.34. The molecule has 0 atom stereocenters. The van der Waals surface area contributed by atoms with E-state index in [0.29, 0.717) is 6.61 Å². The molecule has 1 rings (SSSR count). The zero-order valence-corrected chi connectivity index (χ0v) is 13.0. The molecule has 0 aromatic heterocycles. The third-order valence-electron chi connectivity index (χ3n) is 3.46. The van der Waals surface area contributed by atoms with E-state index in [2.05, 4.69) is 0 Å². The molecule has 0 aliphatic rings. The minimum absolute atomic E-state index is 0.149. The molecule has 1 amide bonds. The second-order valence-electron chi connectivity index (χ2n) is 5.49. The molecule has 0 aliphatic carbocycles. The van der Waals surface area contributed by atoms with Crippen LogP contribution in [0, 0.1) is 0 Å². The van der Waals surface area contributed by atoms with Crippen molar-refractivity contribution in [2.24, 2.45) is 0 Å². The number of hydrogen-bond acceptors (Lipinski definition) is 3. The molecule has 0 spiro atoms. The summed E-state index contributed by atoms with van der Waals surface area (Å²) in [7, 11) is 1.51. The Bertz CT molecular complexity index is 511. The first-order chi connectivity index (χ1) is 9.78. The number of ether oxygens (including phenoxy) is 1. The van der Waals surface area contributed by atoms with Gasteiger partial charge < -0.3 is 14.7 Å². The summed E-state index contributed by atoms with van der Waals surface area (Å²) in [6.45, 7) is 5.67. The maximum absolute atomic E-state index is 12.2. The van der Waals surface area contributed by atoms with Gasteiger partial charge in [0.15, 0.2) is 0 Å². The molecule has 0 radical (unpaired) electrons. The van der Waals surface area contributed by atoms with E-state index < -0.39 is 11.5 Å². The van der Waals surface area contributed by atoms with Gasteiger partial charge in [-0.25, -0.2) is 4.79 Å². The molecule has 0 saturated heterocycles. The fraction of sp³-hybridized carbons (Fsp3) is 0.500. The van der Waals surface area contributed by atoms with E-state index >= 15 is 0 Å². The smallest absolute Gasteiger partial charge is 0.329 e. The van der Waals surface area contributed by atoms with Crippen molar-refractivity contribution < 1.29 is 19.4 Å². The molecule has 5 nitrogen and oxygen atoms in total. The molecule has 116 valence electrons. The van der Waals surface area contributed by atoms with Crippen LogP contribution >= 0.6 is 0 Å². The summed E-state index contributed by atoms with van der Waals surface area (Å²) in [6.07, 6.45) is 1.06. The van der Waals surface area contributed by atoms with Crippen LogP contribution in [-0.4, -0.2) is 41.1 Å². The normalized spacial score (nSPS) is 11.0. The molecule has 0 saturated carbocycles. The van der Waals surface area contributed by atoms with Crippen LogP contribution < -0.4 is 4.74 Å². The fourth-order valence-electron chi connectivity index (χ4n) is 1.71. The number of carboxylic acids is 1. The molecule has 0 aliphatic heterocycles. The van der Waals surface area contributed by atoms with Crippen molar-refractivity contribution in [1.82, 2.24) is 4.90 Å². The zero-order chi connectivity index (χ0) is 16.0. The second-order valence-corrected chi connectivity index (χ2v) is 5.49. The Morgan fingerprint density at radius 2 is 2.00 bits per heavy atom. The van der Waals surface area contributed by atoms with Gasteiger partial charge in [-0.15, -0.1) is 0 Å². The summed E-state index contributed by atoms with van der Waals surface area (Å²) in [5.74, 6) is -0.546. The molecular weight excluding hydrogens is 270 g/mol. The van der Waals surface area contributed by atoms with Crippen LogP contribution in [0.4, 0.5) is 0 Å². The molecule has 5 heteroatoms. The first-order valence-corrected chi connectivity index (χ1v) is 7.00. The Morgan fingerprint density at radius 1 is 1.33 bits per heavy atom. The quantitative estimate of drug-likeness (QED) is 0.838. The molecule has 1 N–H and O–H groups in total. The Labute approximate surface area is 125 Å². The van der Waals surface area contributed by atoms with E-state index in [1.807, 2.05) is 31.2 Å². The van der Waals surface area contributed by atoms with Crippen molar-refractivity contribution in [3.05, 3.63) is 29.8 Å². The molecule has 0 bridgehead atoms. The van der Waals surface area contributed by atoms with Crippen LogP contribution in [-0.2, 0) is 16.0 Å². The van der Waals surface area contributed by atoms with Crippen LogP contribution in [0.5, 0.6) is 5.75 Å². The zero-order valence-electron chi connectivity index (χ0n) is 13.0. The van der Waals surface area contributed by atoms with Crippen LogP contribution in [0.2, 0.25) is 0 Å². The molecular formula is C16H23NO4. The number of carbonyl (C=O) groups excluding carboxylic acids is 1. The van der Waals surface area contributed by atoms with Crippen molar-refractivity contribution in [2.75, 3.05) is 13.7 Å². The van der Waals surface area contributed by atoms with Gasteiger partial charge in [0.1, 0.15) is 11.3 Å². The number of amides is 1. The number of hydrogen-bond donors (Lipinski definition) is 1. The first-order valence-electron chi connectivity index (χ1n) is 7.00. The summed E-state index contributed by atoms with van der Waals surface area (Å²) in [6, 6.07) is 7.32. The van der Waals surface area contributed by atoms with E-state index in [4.69, 9.17) is 9.84 Å². The van der Waals surface area contributed by atoms with Gasteiger partial charge in [-0.1, -0.05) is 19.1 Å². The van der Waals surface area contributed by atoms with Crippen molar-refractivity contribution in [3.63, 3.8) is 0 Å². The Morgan fingerprint density at radius 3 is 2.57 bits per heavy atom. The lowest BCUT2D eigenvalue weighted by Gasteiger charge is -2.31. The Hall–Kier alpha value is -2.04. The predicted octanol–water partition coefficient (Wildman–Crippen LogP) is 2.34. The summed E-state index contributed by atoms with van der Waals surface area (Å²) in [5.41, 5.74) is -0.422. The monoisotopic (exact) mass is 293 g/mol. The van der Waals surface area contributed by atoms with Crippen LogP contribution in [0.25, 0.3) is 0 Å². The average molecular weight is 293 g/mol. The molecule has 0 heterocycles. The average Bonchev–Trinajstić information content (AvgIpc) is 2.44. The van der Waals surface area contributed by atoms with E-state index in [0.717, 1.165) is 17.7 Å². The highest BCUT2D eigenvalue weighted by molar-refractivity contribution is 5.87. The first kappa shape index (κ1) is 17.0. The fourth-order valence-corrected chi connectivity index (χ4v) is 1.71. The van der Waals surface area contributed by atoms with Crippen LogP contribution in [0.15, 0.2) is 24.3 Å². The standard InChI is InChI=1S/C16H23NO4/c1-5-9-21-13-8-6-7-12(10-13)11-14(18)17(4)16(2,3)15(19)20/h6-8,10H,5,9,11H2,1-4H3,(H,19,20). The van der Waals surface area contributed by atoms with Gasteiger partial charge in [-0.05, 0) is 38.0 Å². The third-order valence-corrected chi connectivity index (χ3v) is 3.46. The van der Waals surface area contributed by atoms with Crippen molar-refractivity contribution in [2.45, 2.75) is 39.2 Å². The largest absolute Gasteiger partial charge is 0.494 e. The predicted molar refractivity (Wildman–Crippen MR) is 80.4 cm³/mol. The van der Waals surface area contributed by atoms with Gasteiger partial charge in [0, 0.05) is 7.05 Å². The molecule has 1 aromatic carbocycles. The number of carbonyl (C=O) groups is 2. The number of carboxylic acid groups (broad SMARTS) is 1. The van der Waals surface area contributed by atoms with Gasteiger partial charge in [-0.3, -0.25) is 4.79 Å². The Kier molecular flexibility index (Phi) is 5.76.